The summed E-state index contributed by atoms with van der Waals surface area (Å²) in [7, 11) is 0. The second-order valence-electron chi connectivity index (χ2n) is 1.57. The van der Waals surface area contributed by atoms with Crippen molar-refractivity contribution in [3.8, 4) is 0 Å². The fraction of sp³-hybridized carbons (Fsp3) is 0. The quantitative estimate of drug-likeness (QED) is 0.684. The van der Waals surface area contributed by atoms with E-state index in [1.54, 1.807) is 0 Å². The fourth-order valence-electron chi connectivity index (χ4n) is 0.422. The maximum absolute atomic E-state index is 10.6. The summed E-state index contributed by atoms with van der Waals surface area (Å²) in [4.78, 5) is 10.6. The maximum atomic E-state index is 10.6. The van der Waals surface area contributed by atoms with Crippen LogP contribution in [0.25, 0.3) is 0 Å². The van der Waals surface area contributed by atoms with Gasteiger partial charge in [0.2, 0.25) is 0 Å². The first-order valence-corrected chi connectivity index (χ1v) is 3.49. The molecule has 0 saturated carbocycles. The van der Waals surface area contributed by atoms with Crippen molar-refractivity contribution in [1.82, 2.24) is 10.2 Å². The summed E-state index contributed by atoms with van der Waals surface area (Å²) >= 11 is 8.43. The van der Waals surface area contributed by atoms with E-state index < -0.39 is 5.56 Å². The third kappa shape index (κ3) is 1.15. The van der Waals surface area contributed by atoms with Crippen LogP contribution in [0.2, 0.25) is 5.02 Å². The van der Waals surface area contributed by atoms with Crippen LogP contribution in [0.3, 0.4) is 0 Å². The van der Waals surface area contributed by atoms with E-state index in [0.717, 1.165) is 0 Å². The number of nitrogens with zero attached hydrogens (tertiary/aromatic N) is 1. The highest BCUT2D eigenvalue weighted by Crippen LogP contribution is 2.19. The Hall–Kier alpha value is -0.550. The summed E-state index contributed by atoms with van der Waals surface area (Å²) in [6.07, 6.45) is 0. The number of rotatable bonds is 0. The van der Waals surface area contributed by atoms with Gasteiger partial charge in [0.05, 0.1) is 5.69 Å². The van der Waals surface area contributed by atoms with E-state index in [1.807, 2.05) is 0 Å². The van der Waals surface area contributed by atoms with Crippen LogP contribution in [-0.2, 0) is 0 Å². The lowest BCUT2D eigenvalue weighted by atomic mass is 10.5. The molecule has 1 aromatic rings. The Morgan fingerprint density at radius 1 is 1.70 bits per heavy atom. The Balaban J connectivity index is 3.49. The zero-order chi connectivity index (χ0) is 7.72. The van der Waals surface area contributed by atoms with Crippen LogP contribution in [0, 0.1) is 0 Å². The van der Waals surface area contributed by atoms with Crippen molar-refractivity contribution in [2.75, 3.05) is 5.73 Å². The Bertz CT molecular complexity index is 310. The molecule has 0 saturated heterocycles. The minimum absolute atomic E-state index is 0.0399. The first-order chi connectivity index (χ1) is 4.63. The van der Waals surface area contributed by atoms with Crippen molar-refractivity contribution in [2.45, 2.75) is 0 Å². The monoisotopic (exact) mass is 223 g/mol. The first-order valence-electron chi connectivity index (χ1n) is 2.32. The standard InChI is InChI=1S/C4H3BrClN3O/c5-3-2(7)1(6)4(10)9-8-3/h(H3,7,9,10). The van der Waals surface area contributed by atoms with Crippen LogP contribution in [0.1, 0.15) is 0 Å². The molecule has 1 rings (SSSR count). The molecular formula is C4H3BrClN3O. The fourth-order valence-corrected chi connectivity index (χ4v) is 0.955. The predicted molar refractivity (Wildman–Crippen MR) is 42.0 cm³/mol. The SMILES string of the molecule is Nc1c(Br)n[nH]c(=O)c1Cl. The molecule has 0 spiro atoms. The molecular weight excluding hydrogens is 221 g/mol. The molecule has 0 unspecified atom stereocenters. The maximum Gasteiger partial charge on any atom is 0.285 e. The topological polar surface area (TPSA) is 71.8 Å². The molecule has 3 N–H and O–H groups in total. The van der Waals surface area contributed by atoms with Crippen LogP contribution in [0.15, 0.2) is 9.40 Å². The molecule has 6 heteroatoms. The molecule has 0 aromatic carbocycles. The number of nitrogen functional groups attached to an aromatic ring is 1. The summed E-state index contributed by atoms with van der Waals surface area (Å²) < 4.78 is 0.345. The number of H-pyrrole nitrogens is 1. The van der Waals surface area contributed by atoms with Gasteiger partial charge in [-0.05, 0) is 15.9 Å². The summed E-state index contributed by atoms with van der Waals surface area (Å²) in [6.45, 7) is 0. The largest absolute Gasteiger partial charge is 0.395 e. The van der Waals surface area contributed by atoms with Gasteiger partial charge in [-0.1, -0.05) is 11.6 Å². The number of aromatic amines is 1. The van der Waals surface area contributed by atoms with Crippen LogP contribution in [0.4, 0.5) is 5.69 Å². The zero-order valence-corrected chi connectivity index (χ0v) is 7.03. The zero-order valence-electron chi connectivity index (χ0n) is 4.69. The molecule has 0 amide bonds. The molecule has 0 aliphatic carbocycles. The van der Waals surface area contributed by atoms with Crippen molar-refractivity contribution in [2.24, 2.45) is 0 Å². The van der Waals surface area contributed by atoms with Gasteiger partial charge < -0.3 is 5.73 Å². The second kappa shape index (κ2) is 2.59. The van der Waals surface area contributed by atoms with Crippen molar-refractivity contribution >= 4 is 33.2 Å². The highest BCUT2D eigenvalue weighted by Gasteiger charge is 2.04. The number of nitrogens with two attached hydrogens (primary N) is 1. The number of hydrogen-bond acceptors (Lipinski definition) is 3. The van der Waals surface area contributed by atoms with E-state index in [0.29, 0.717) is 4.60 Å². The lowest BCUT2D eigenvalue weighted by Crippen LogP contribution is -2.11. The highest BCUT2D eigenvalue weighted by molar-refractivity contribution is 9.10. The van der Waals surface area contributed by atoms with Crippen LogP contribution < -0.4 is 11.3 Å². The van der Waals surface area contributed by atoms with Gasteiger partial charge in [-0.15, -0.1) is 0 Å². The van der Waals surface area contributed by atoms with Gasteiger partial charge in [-0.3, -0.25) is 4.79 Å². The van der Waals surface area contributed by atoms with E-state index in [4.69, 9.17) is 17.3 Å². The molecule has 10 heavy (non-hydrogen) atoms. The minimum atomic E-state index is -0.484. The Morgan fingerprint density at radius 3 is 2.80 bits per heavy atom. The highest BCUT2D eigenvalue weighted by atomic mass is 79.9. The van der Waals surface area contributed by atoms with Gasteiger partial charge >= 0.3 is 0 Å². The van der Waals surface area contributed by atoms with Crippen LogP contribution in [0.5, 0.6) is 0 Å². The van der Waals surface area contributed by atoms with Crippen LogP contribution in [-0.4, -0.2) is 10.2 Å². The van der Waals surface area contributed by atoms with Crippen molar-refractivity contribution in [3.63, 3.8) is 0 Å². The number of nitrogens with one attached hydrogen (secondary N) is 1. The summed E-state index contributed by atoms with van der Waals surface area (Å²) in [5.74, 6) is 0. The number of halogens is 2. The molecule has 54 valence electrons. The molecule has 0 radical (unpaired) electrons. The van der Waals surface area contributed by atoms with Gasteiger partial charge in [0, 0.05) is 0 Å². The summed E-state index contributed by atoms with van der Waals surface area (Å²) in [5, 5.41) is 5.61. The summed E-state index contributed by atoms with van der Waals surface area (Å²) in [5.41, 5.74) is 5.00. The van der Waals surface area contributed by atoms with Gasteiger partial charge in [0.15, 0.2) is 4.60 Å². The molecule has 0 bridgehead atoms. The van der Waals surface area contributed by atoms with E-state index in [2.05, 4.69) is 26.1 Å². The molecule has 4 nitrogen and oxygen atoms in total. The molecule has 1 aromatic heterocycles. The Labute approximate surface area is 69.5 Å². The van der Waals surface area contributed by atoms with Gasteiger partial charge in [-0.2, -0.15) is 5.10 Å². The molecule has 1 heterocycles. The lowest BCUT2D eigenvalue weighted by Gasteiger charge is -1.95. The summed E-state index contributed by atoms with van der Waals surface area (Å²) in [6, 6.07) is 0. The third-order valence-electron chi connectivity index (χ3n) is 0.914. The smallest absolute Gasteiger partial charge is 0.285 e. The molecule has 0 aliphatic heterocycles. The van der Waals surface area contributed by atoms with E-state index in [9.17, 15) is 4.79 Å². The van der Waals surface area contributed by atoms with Crippen molar-refractivity contribution in [1.29, 1.82) is 0 Å². The van der Waals surface area contributed by atoms with E-state index in [-0.39, 0.29) is 10.7 Å². The minimum Gasteiger partial charge on any atom is -0.395 e. The van der Waals surface area contributed by atoms with E-state index in [1.165, 1.54) is 0 Å². The average molecular weight is 224 g/mol. The Kier molecular flexibility index (Phi) is 1.96. The van der Waals surface area contributed by atoms with E-state index >= 15 is 0 Å². The van der Waals surface area contributed by atoms with Crippen molar-refractivity contribution < 1.29 is 0 Å². The van der Waals surface area contributed by atoms with Gasteiger partial charge in [0.25, 0.3) is 5.56 Å². The molecule has 0 fully saturated rings. The predicted octanol–water partition coefficient (Wildman–Crippen LogP) is 0.768. The van der Waals surface area contributed by atoms with Crippen molar-refractivity contribution in [3.05, 3.63) is 20.0 Å². The van der Waals surface area contributed by atoms with Crippen LogP contribution >= 0.6 is 27.5 Å². The number of hydrogen-bond donors (Lipinski definition) is 2. The Morgan fingerprint density at radius 2 is 2.30 bits per heavy atom. The second-order valence-corrected chi connectivity index (χ2v) is 2.70. The average Bonchev–Trinajstić information content (AvgIpc) is 1.93. The van der Waals surface area contributed by atoms with Gasteiger partial charge in [-0.25, -0.2) is 5.10 Å². The molecule has 0 aliphatic rings. The first kappa shape index (κ1) is 7.56. The van der Waals surface area contributed by atoms with Gasteiger partial charge in [0.1, 0.15) is 5.02 Å². The third-order valence-corrected chi connectivity index (χ3v) is 1.89. The lowest BCUT2D eigenvalue weighted by molar-refractivity contribution is 0.970. The number of aromatic nitrogens is 2. The molecule has 0 atom stereocenters. The number of anilines is 1. The normalized spacial score (nSPS) is 9.80.